The monoisotopic (exact) mass is 489 g/mol. The van der Waals surface area contributed by atoms with Crippen molar-refractivity contribution in [1.82, 2.24) is 19.6 Å². The quantitative estimate of drug-likeness (QED) is 0.499. The molecule has 0 aliphatic heterocycles. The van der Waals surface area contributed by atoms with Crippen molar-refractivity contribution in [2.75, 3.05) is 5.32 Å². The highest BCUT2D eigenvalue weighted by Crippen LogP contribution is 2.27. The summed E-state index contributed by atoms with van der Waals surface area (Å²) in [7, 11) is 0. The summed E-state index contributed by atoms with van der Waals surface area (Å²) < 4.78 is 3.97. The number of rotatable bonds is 6. The molecule has 0 radical (unpaired) electrons. The lowest BCUT2D eigenvalue weighted by molar-refractivity contribution is -0.119. The standard InChI is InChI=1S/C17H15BrCl3N5O/c1-2-15(26-7-10(18)6-22-26)17(27)23-16-14(21)9-25(24-16)8-11-12(19)4-3-5-13(11)20/h3-7,9,15H,2,8H2,1H3,(H,23,24,27). The molecular formula is C17H15BrCl3N5O. The molecule has 3 aromatic rings. The fraction of sp³-hybridized carbons (Fsp3) is 0.235. The molecule has 0 spiro atoms. The molecule has 1 atom stereocenters. The van der Waals surface area contributed by atoms with Gasteiger partial charge in [0.15, 0.2) is 5.82 Å². The van der Waals surface area contributed by atoms with Crippen LogP contribution in [0, 0.1) is 0 Å². The Kier molecular flexibility index (Phi) is 6.47. The van der Waals surface area contributed by atoms with Crippen LogP contribution < -0.4 is 5.32 Å². The normalized spacial score (nSPS) is 12.2. The number of nitrogens with one attached hydrogen (secondary N) is 1. The molecular weight excluding hydrogens is 476 g/mol. The maximum atomic E-state index is 12.6. The van der Waals surface area contributed by atoms with Gasteiger partial charge in [0, 0.05) is 28.0 Å². The first-order valence-electron chi connectivity index (χ1n) is 8.05. The van der Waals surface area contributed by atoms with E-state index in [1.807, 2.05) is 6.92 Å². The Balaban J connectivity index is 1.77. The summed E-state index contributed by atoms with van der Waals surface area (Å²) >= 11 is 22.0. The van der Waals surface area contributed by atoms with E-state index in [0.717, 1.165) is 10.0 Å². The Labute approximate surface area is 179 Å². The molecule has 1 aromatic carbocycles. The van der Waals surface area contributed by atoms with Crippen molar-refractivity contribution in [3.63, 3.8) is 0 Å². The van der Waals surface area contributed by atoms with E-state index >= 15 is 0 Å². The summed E-state index contributed by atoms with van der Waals surface area (Å²) in [6.07, 6.45) is 5.55. The first-order chi connectivity index (χ1) is 12.9. The molecule has 10 heteroatoms. The molecule has 142 valence electrons. The van der Waals surface area contributed by atoms with Crippen molar-refractivity contribution in [3.8, 4) is 0 Å². The zero-order chi connectivity index (χ0) is 19.6. The molecule has 0 saturated heterocycles. The minimum Gasteiger partial charge on any atom is -0.306 e. The van der Waals surface area contributed by atoms with Crippen molar-refractivity contribution in [1.29, 1.82) is 0 Å². The number of anilines is 1. The molecule has 2 aromatic heterocycles. The van der Waals surface area contributed by atoms with Gasteiger partial charge in [0.25, 0.3) is 0 Å². The number of carbonyl (C=O) groups is 1. The predicted molar refractivity (Wildman–Crippen MR) is 111 cm³/mol. The Bertz CT molecular complexity index is 951. The van der Waals surface area contributed by atoms with Gasteiger partial charge in [-0.2, -0.15) is 10.2 Å². The summed E-state index contributed by atoms with van der Waals surface area (Å²) in [5.74, 6) is 0.0190. The van der Waals surface area contributed by atoms with Crippen LogP contribution in [0.3, 0.4) is 0 Å². The summed E-state index contributed by atoms with van der Waals surface area (Å²) in [4.78, 5) is 12.6. The fourth-order valence-electron chi connectivity index (χ4n) is 2.59. The van der Waals surface area contributed by atoms with E-state index in [9.17, 15) is 4.79 Å². The summed E-state index contributed by atoms with van der Waals surface area (Å²) in [5, 5.41) is 12.7. The van der Waals surface area contributed by atoms with Gasteiger partial charge < -0.3 is 5.32 Å². The van der Waals surface area contributed by atoms with Crippen molar-refractivity contribution >= 4 is 62.5 Å². The van der Waals surface area contributed by atoms with Crippen molar-refractivity contribution < 1.29 is 4.79 Å². The Morgan fingerprint density at radius 2 is 1.93 bits per heavy atom. The third-order valence-corrected chi connectivity index (χ3v) is 5.31. The lowest BCUT2D eigenvalue weighted by atomic mass is 10.2. The van der Waals surface area contributed by atoms with Gasteiger partial charge in [0.2, 0.25) is 5.91 Å². The SMILES string of the molecule is CCC(C(=O)Nc1nn(Cc2c(Cl)cccc2Cl)cc1Cl)n1cc(Br)cn1. The number of nitrogens with zero attached hydrogens (tertiary/aromatic N) is 4. The molecule has 27 heavy (non-hydrogen) atoms. The lowest BCUT2D eigenvalue weighted by Gasteiger charge is -2.14. The molecule has 0 saturated carbocycles. The van der Waals surface area contributed by atoms with E-state index in [1.165, 1.54) is 0 Å². The molecule has 0 bridgehead atoms. The Morgan fingerprint density at radius 1 is 1.22 bits per heavy atom. The van der Waals surface area contributed by atoms with Gasteiger partial charge in [-0.25, -0.2) is 0 Å². The van der Waals surface area contributed by atoms with Gasteiger partial charge in [0.1, 0.15) is 11.1 Å². The molecule has 6 nitrogen and oxygen atoms in total. The van der Waals surface area contributed by atoms with E-state index in [0.29, 0.717) is 28.0 Å². The third kappa shape index (κ3) is 4.66. The van der Waals surface area contributed by atoms with Crippen LogP contribution in [0.2, 0.25) is 15.1 Å². The summed E-state index contributed by atoms with van der Waals surface area (Å²) in [6, 6.07) is 4.81. The van der Waals surface area contributed by atoms with Crippen LogP contribution in [0.5, 0.6) is 0 Å². The van der Waals surface area contributed by atoms with Crippen LogP contribution in [-0.2, 0) is 11.3 Å². The van der Waals surface area contributed by atoms with Gasteiger partial charge >= 0.3 is 0 Å². The minimum absolute atomic E-state index is 0.254. The highest BCUT2D eigenvalue weighted by atomic mass is 79.9. The second kappa shape index (κ2) is 8.65. The maximum Gasteiger partial charge on any atom is 0.250 e. The number of hydrogen-bond acceptors (Lipinski definition) is 3. The molecule has 2 heterocycles. The van der Waals surface area contributed by atoms with E-state index in [4.69, 9.17) is 34.8 Å². The van der Waals surface area contributed by atoms with E-state index < -0.39 is 6.04 Å². The van der Waals surface area contributed by atoms with Crippen LogP contribution in [0.15, 0.2) is 41.3 Å². The van der Waals surface area contributed by atoms with E-state index in [1.54, 1.807) is 46.2 Å². The topological polar surface area (TPSA) is 64.7 Å². The third-order valence-electron chi connectivity index (χ3n) is 3.92. The average molecular weight is 492 g/mol. The number of aromatic nitrogens is 4. The first kappa shape index (κ1) is 20.2. The second-order valence-corrected chi connectivity index (χ2v) is 7.91. The average Bonchev–Trinajstić information content (AvgIpc) is 3.18. The fourth-order valence-corrected chi connectivity index (χ4v) is 3.60. The van der Waals surface area contributed by atoms with Crippen molar-refractivity contribution in [3.05, 3.63) is 61.9 Å². The van der Waals surface area contributed by atoms with E-state index in [-0.39, 0.29) is 11.7 Å². The van der Waals surface area contributed by atoms with Crippen LogP contribution in [-0.4, -0.2) is 25.5 Å². The largest absolute Gasteiger partial charge is 0.306 e. The molecule has 1 amide bonds. The van der Waals surface area contributed by atoms with Gasteiger partial charge in [-0.1, -0.05) is 47.8 Å². The van der Waals surface area contributed by atoms with Gasteiger partial charge in [-0.15, -0.1) is 0 Å². The predicted octanol–water partition coefficient (Wildman–Crippen LogP) is 5.44. The number of hydrogen-bond donors (Lipinski definition) is 1. The van der Waals surface area contributed by atoms with Crippen molar-refractivity contribution in [2.45, 2.75) is 25.9 Å². The lowest BCUT2D eigenvalue weighted by Crippen LogP contribution is -2.26. The first-order valence-corrected chi connectivity index (χ1v) is 9.98. The van der Waals surface area contributed by atoms with Gasteiger partial charge in [-0.3, -0.25) is 14.2 Å². The molecule has 1 unspecified atom stereocenters. The number of amides is 1. The number of benzene rings is 1. The molecule has 0 aliphatic rings. The summed E-state index contributed by atoms with van der Waals surface area (Å²) in [6.45, 7) is 2.23. The second-order valence-electron chi connectivity index (χ2n) is 5.78. The Hall–Kier alpha value is -1.54. The van der Waals surface area contributed by atoms with Gasteiger partial charge in [-0.05, 0) is 34.5 Å². The maximum absolute atomic E-state index is 12.6. The molecule has 0 aliphatic carbocycles. The van der Waals surface area contributed by atoms with Crippen LogP contribution in [0.25, 0.3) is 0 Å². The minimum atomic E-state index is -0.476. The smallest absolute Gasteiger partial charge is 0.250 e. The zero-order valence-corrected chi connectivity index (χ0v) is 18.0. The van der Waals surface area contributed by atoms with Crippen molar-refractivity contribution in [2.24, 2.45) is 0 Å². The van der Waals surface area contributed by atoms with Crippen LogP contribution in [0.1, 0.15) is 24.9 Å². The Morgan fingerprint density at radius 3 is 2.52 bits per heavy atom. The zero-order valence-electron chi connectivity index (χ0n) is 14.2. The highest BCUT2D eigenvalue weighted by molar-refractivity contribution is 9.10. The van der Waals surface area contributed by atoms with Crippen LogP contribution in [0.4, 0.5) is 5.82 Å². The van der Waals surface area contributed by atoms with Gasteiger partial charge in [0.05, 0.1) is 17.2 Å². The van der Waals surface area contributed by atoms with E-state index in [2.05, 4.69) is 31.4 Å². The molecule has 1 N–H and O–H groups in total. The highest BCUT2D eigenvalue weighted by Gasteiger charge is 2.22. The number of carbonyl (C=O) groups excluding carboxylic acids is 1. The van der Waals surface area contributed by atoms with Crippen LogP contribution >= 0.6 is 50.7 Å². The number of halogens is 4. The molecule has 0 fully saturated rings. The summed E-state index contributed by atoms with van der Waals surface area (Å²) in [5.41, 5.74) is 0.728. The molecule has 3 rings (SSSR count).